The second-order valence-corrected chi connectivity index (χ2v) is 10.2. The van der Waals surface area contributed by atoms with Crippen molar-refractivity contribution in [3.63, 3.8) is 0 Å². The number of thioether (sulfide) groups is 1. The van der Waals surface area contributed by atoms with Gasteiger partial charge in [-0.15, -0.1) is 0 Å². The van der Waals surface area contributed by atoms with E-state index in [1.807, 2.05) is 63.2 Å². The van der Waals surface area contributed by atoms with Crippen LogP contribution in [-0.4, -0.2) is 22.7 Å². The predicted octanol–water partition coefficient (Wildman–Crippen LogP) is 6.69. The van der Waals surface area contributed by atoms with Gasteiger partial charge < -0.3 is 10.1 Å². The summed E-state index contributed by atoms with van der Waals surface area (Å²) < 4.78 is 6.09. The number of halogens is 1. The van der Waals surface area contributed by atoms with Crippen LogP contribution in [0.25, 0.3) is 6.08 Å². The summed E-state index contributed by atoms with van der Waals surface area (Å²) in [5.41, 5.74) is 5.20. The highest BCUT2D eigenvalue weighted by Gasteiger charge is 2.33. The molecule has 0 unspecified atom stereocenters. The highest BCUT2D eigenvalue weighted by Crippen LogP contribution is 2.37. The number of hydrogen-bond donors (Lipinski definition) is 1. The van der Waals surface area contributed by atoms with Gasteiger partial charge in [-0.3, -0.25) is 14.5 Å². The van der Waals surface area contributed by atoms with E-state index < -0.39 is 0 Å². The number of carbonyl (C=O) groups is 2. The molecule has 178 valence electrons. The van der Waals surface area contributed by atoms with E-state index in [2.05, 4.69) is 5.32 Å². The van der Waals surface area contributed by atoms with Gasteiger partial charge in [-0.05, 0) is 73.4 Å². The fraction of sp³-hybridized carbons (Fsp3) is 0.148. The molecule has 1 aliphatic rings. The normalized spacial score (nSPS) is 14.5. The van der Waals surface area contributed by atoms with Crippen LogP contribution in [0.5, 0.6) is 5.75 Å². The van der Waals surface area contributed by atoms with E-state index in [0.717, 1.165) is 27.9 Å². The number of anilines is 2. The summed E-state index contributed by atoms with van der Waals surface area (Å²) in [6.07, 6.45) is 1.78. The van der Waals surface area contributed by atoms with Crippen molar-refractivity contribution >= 4 is 69.2 Å². The molecular formula is C27H23ClN2O3S2. The Labute approximate surface area is 219 Å². The second-order valence-electron chi connectivity index (χ2n) is 8.12. The van der Waals surface area contributed by atoms with Crippen LogP contribution in [0, 0.1) is 20.8 Å². The maximum absolute atomic E-state index is 13.0. The first-order chi connectivity index (χ1) is 16.7. The van der Waals surface area contributed by atoms with Crippen molar-refractivity contribution in [3.05, 3.63) is 92.8 Å². The van der Waals surface area contributed by atoms with E-state index in [9.17, 15) is 9.59 Å². The summed E-state index contributed by atoms with van der Waals surface area (Å²) in [6.45, 7) is 5.70. The molecule has 35 heavy (non-hydrogen) atoms. The lowest BCUT2D eigenvalue weighted by molar-refractivity contribution is -0.118. The average molecular weight is 523 g/mol. The minimum absolute atomic E-state index is 0.106. The zero-order chi connectivity index (χ0) is 25.1. The van der Waals surface area contributed by atoms with Gasteiger partial charge in [0.15, 0.2) is 10.9 Å². The third-order valence-corrected chi connectivity index (χ3v) is 7.21. The Morgan fingerprint density at radius 1 is 1.06 bits per heavy atom. The lowest BCUT2D eigenvalue weighted by atomic mass is 10.1. The largest absolute Gasteiger partial charge is 0.484 e. The molecule has 0 bridgehead atoms. The van der Waals surface area contributed by atoms with Gasteiger partial charge in [-0.2, -0.15) is 0 Å². The maximum Gasteiger partial charge on any atom is 0.270 e. The van der Waals surface area contributed by atoms with Crippen LogP contribution in [-0.2, 0) is 9.59 Å². The molecule has 1 heterocycles. The van der Waals surface area contributed by atoms with Crippen LogP contribution >= 0.6 is 35.6 Å². The van der Waals surface area contributed by atoms with Crippen molar-refractivity contribution in [2.45, 2.75) is 20.8 Å². The summed E-state index contributed by atoms with van der Waals surface area (Å²) in [5.74, 6) is 0.135. The third kappa shape index (κ3) is 5.75. The lowest BCUT2D eigenvalue weighted by Crippen LogP contribution is -2.27. The SMILES string of the molecule is Cc1ccc(N2C(=O)/C(=C/c3ccc(OCC(=O)Nc4c(C)cccc4C)cc3)SC2=S)cc1Cl. The fourth-order valence-corrected chi connectivity index (χ4v) is 5.03. The average Bonchev–Trinajstić information content (AvgIpc) is 3.10. The molecule has 1 saturated heterocycles. The second kappa shape index (κ2) is 10.6. The molecule has 1 aliphatic heterocycles. The minimum Gasteiger partial charge on any atom is -0.484 e. The first-order valence-corrected chi connectivity index (χ1v) is 12.5. The van der Waals surface area contributed by atoms with E-state index in [1.165, 1.54) is 16.7 Å². The third-order valence-electron chi connectivity index (χ3n) is 5.50. The lowest BCUT2D eigenvalue weighted by Gasteiger charge is -2.15. The topological polar surface area (TPSA) is 58.6 Å². The zero-order valence-corrected chi connectivity index (χ0v) is 21.8. The summed E-state index contributed by atoms with van der Waals surface area (Å²) >= 11 is 12.9. The van der Waals surface area contributed by atoms with Gasteiger partial charge in [0.1, 0.15) is 5.75 Å². The molecule has 0 aliphatic carbocycles. The summed E-state index contributed by atoms with van der Waals surface area (Å²) in [5, 5.41) is 3.48. The monoisotopic (exact) mass is 522 g/mol. The first kappa shape index (κ1) is 25.0. The number of nitrogens with zero attached hydrogens (tertiary/aromatic N) is 1. The smallest absolute Gasteiger partial charge is 0.270 e. The molecule has 1 N–H and O–H groups in total. The molecular weight excluding hydrogens is 500 g/mol. The molecule has 4 rings (SSSR count). The van der Waals surface area contributed by atoms with Crippen LogP contribution < -0.4 is 15.0 Å². The Bertz CT molecular complexity index is 1330. The Kier molecular flexibility index (Phi) is 7.60. The van der Waals surface area contributed by atoms with Crippen molar-refractivity contribution in [1.82, 2.24) is 0 Å². The molecule has 0 saturated carbocycles. The van der Waals surface area contributed by atoms with E-state index in [-0.39, 0.29) is 18.4 Å². The number of nitrogens with one attached hydrogen (secondary N) is 1. The van der Waals surface area contributed by atoms with Crippen molar-refractivity contribution in [3.8, 4) is 5.75 Å². The number of hydrogen-bond acceptors (Lipinski definition) is 5. The van der Waals surface area contributed by atoms with Crippen LogP contribution in [0.2, 0.25) is 5.02 Å². The quantitative estimate of drug-likeness (QED) is 0.289. The number of rotatable bonds is 6. The Balaban J connectivity index is 1.39. The molecule has 0 aromatic heterocycles. The van der Waals surface area contributed by atoms with Crippen LogP contribution in [0.15, 0.2) is 65.6 Å². The van der Waals surface area contributed by atoms with Crippen molar-refractivity contribution in [2.75, 3.05) is 16.8 Å². The van der Waals surface area contributed by atoms with Crippen LogP contribution in [0.3, 0.4) is 0 Å². The van der Waals surface area contributed by atoms with E-state index in [4.69, 9.17) is 28.6 Å². The van der Waals surface area contributed by atoms with E-state index in [0.29, 0.717) is 25.7 Å². The minimum atomic E-state index is -0.230. The Hall–Kier alpha value is -3.13. The Morgan fingerprint density at radius 3 is 2.40 bits per heavy atom. The van der Waals surface area contributed by atoms with Gasteiger partial charge in [-0.25, -0.2) is 0 Å². The molecule has 8 heteroatoms. The molecule has 1 fully saturated rings. The highest BCUT2D eigenvalue weighted by molar-refractivity contribution is 8.27. The number of amides is 2. The summed E-state index contributed by atoms with van der Waals surface area (Å²) in [7, 11) is 0. The zero-order valence-electron chi connectivity index (χ0n) is 19.4. The number of aryl methyl sites for hydroxylation is 3. The molecule has 3 aromatic rings. The number of benzene rings is 3. The number of thiocarbonyl (C=S) groups is 1. The molecule has 5 nitrogen and oxygen atoms in total. The van der Waals surface area contributed by atoms with Gasteiger partial charge >= 0.3 is 0 Å². The maximum atomic E-state index is 13.0. The van der Waals surface area contributed by atoms with Gasteiger partial charge in [0.2, 0.25) is 0 Å². The van der Waals surface area contributed by atoms with Gasteiger partial charge in [0, 0.05) is 10.7 Å². The summed E-state index contributed by atoms with van der Waals surface area (Å²) in [6, 6.07) is 18.5. The van der Waals surface area contributed by atoms with E-state index >= 15 is 0 Å². The Morgan fingerprint density at radius 2 is 1.74 bits per heavy atom. The molecule has 0 atom stereocenters. The van der Waals surface area contributed by atoms with Gasteiger partial charge in [-0.1, -0.05) is 72.0 Å². The first-order valence-electron chi connectivity index (χ1n) is 10.9. The fourth-order valence-electron chi connectivity index (χ4n) is 3.56. The van der Waals surface area contributed by atoms with Crippen molar-refractivity contribution in [1.29, 1.82) is 0 Å². The predicted molar refractivity (Wildman–Crippen MR) is 148 cm³/mol. The summed E-state index contributed by atoms with van der Waals surface area (Å²) in [4.78, 5) is 27.3. The number of ether oxygens (including phenoxy) is 1. The number of carbonyl (C=O) groups excluding carboxylic acids is 2. The van der Waals surface area contributed by atoms with Gasteiger partial charge in [0.25, 0.3) is 11.8 Å². The number of para-hydroxylation sites is 1. The molecule has 0 spiro atoms. The van der Waals surface area contributed by atoms with E-state index in [1.54, 1.807) is 24.3 Å². The van der Waals surface area contributed by atoms with Gasteiger partial charge in [0.05, 0.1) is 10.6 Å². The van der Waals surface area contributed by atoms with Crippen molar-refractivity contribution < 1.29 is 14.3 Å². The molecule has 3 aromatic carbocycles. The van der Waals surface area contributed by atoms with Crippen LogP contribution in [0.1, 0.15) is 22.3 Å². The molecule has 0 radical (unpaired) electrons. The van der Waals surface area contributed by atoms with Crippen LogP contribution in [0.4, 0.5) is 11.4 Å². The molecule has 2 amide bonds. The van der Waals surface area contributed by atoms with Crippen molar-refractivity contribution in [2.24, 2.45) is 0 Å². The highest BCUT2D eigenvalue weighted by atomic mass is 35.5. The standard InChI is InChI=1S/C27H23ClN2O3S2/c1-16-7-10-20(14-22(16)28)30-26(32)23(35-27(30)34)13-19-8-11-21(12-9-19)33-15-24(31)29-25-17(2)5-4-6-18(25)3/h4-14H,15H2,1-3H3,(H,29,31)/b23-13-.